The van der Waals surface area contributed by atoms with Crippen molar-refractivity contribution in [3.63, 3.8) is 0 Å². The van der Waals surface area contributed by atoms with Crippen LogP contribution in [0.4, 0.5) is 0 Å². The molecule has 0 aromatic heterocycles. The molecule has 0 bridgehead atoms. The number of carbonyl (C=O) groups is 2. The van der Waals surface area contributed by atoms with E-state index in [2.05, 4.69) is 45.2 Å². The minimum atomic E-state index is -0.874. The van der Waals surface area contributed by atoms with Gasteiger partial charge in [-0.3, -0.25) is 9.59 Å². The lowest BCUT2D eigenvalue weighted by Crippen LogP contribution is -2.53. The molecule has 0 aromatic carbocycles. The van der Waals surface area contributed by atoms with E-state index in [1.54, 1.807) is 5.57 Å². The summed E-state index contributed by atoms with van der Waals surface area (Å²) in [5, 5.41) is 12.1. The molecule has 3 aliphatic carbocycles. The molecule has 30 heavy (non-hydrogen) atoms. The Balaban J connectivity index is 1.55. The largest absolute Gasteiger partial charge is 0.480 e. The van der Waals surface area contributed by atoms with E-state index in [-0.39, 0.29) is 23.4 Å². The first kappa shape index (κ1) is 21.6. The molecule has 166 valence electrons. The van der Waals surface area contributed by atoms with Crippen molar-refractivity contribution in [2.24, 2.45) is 28.6 Å². The fourth-order valence-corrected chi connectivity index (χ4v) is 6.86. The quantitative estimate of drug-likeness (QED) is 0.662. The van der Waals surface area contributed by atoms with Crippen molar-refractivity contribution < 1.29 is 19.4 Å². The Kier molecular flexibility index (Phi) is 5.63. The Bertz CT molecular complexity index is 784. The van der Waals surface area contributed by atoms with Crippen LogP contribution in [0.25, 0.3) is 0 Å². The van der Waals surface area contributed by atoms with Gasteiger partial charge >= 0.3 is 11.9 Å². The van der Waals surface area contributed by atoms with Crippen molar-refractivity contribution >= 4 is 11.9 Å². The normalized spacial score (nSPS) is 40.8. The Morgan fingerprint density at radius 1 is 1.27 bits per heavy atom. The number of carbonyl (C=O) groups excluding carboxylic acids is 1. The van der Waals surface area contributed by atoms with E-state index in [0.29, 0.717) is 24.8 Å². The summed E-state index contributed by atoms with van der Waals surface area (Å²) in [5.74, 6) is 0.399. The molecule has 5 heteroatoms. The monoisotopic (exact) mass is 415 g/mol. The predicted octanol–water partition coefficient (Wildman–Crippen LogP) is 4.48. The second-order valence-corrected chi connectivity index (χ2v) is 10.8. The molecular weight excluding hydrogens is 378 g/mol. The van der Waals surface area contributed by atoms with Gasteiger partial charge in [0.2, 0.25) is 0 Å². The van der Waals surface area contributed by atoms with Crippen LogP contribution < -0.4 is 5.32 Å². The lowest BCUT2D eigenvalue weighted by atomic mass is 9.47. The van der Waals surface area contributed by atoms with E-state index in [1.165, 1.54) is 18.4 Å². The van der Waals surface area contributed by atoms with Gasteiger partial charge in [0.15, 0.2) is 0 Å². The SMILES string of the molecule is CC(C)C1=CC2=CC[C@@H]3[C@](C)(CCC[C@@]3(C)C(=O)O[C@H]3CN[C@H](C(=O)O)C3)[C@H]2CC1. The van der Waals surface area contributed by atoms with Crippen molar-refractivity contribution in [3.8, 4) is 0 Å². The number of esters is 1. The van der Waals surface area contributed by atoms with Crippen LogP contribution in [0.5, 0.6) is 0 Å². The maximum Gasteiger partial charge on any atom is 0.320 e. The summed E-state index contributed by atoms with van der Waals surface area (Å²) in [7, 11) is 0. The van der Waals surface area contributed by atoms with Gasteiger partial charge in [-0.25, -0.2) is 0 Å². The molecule has 1 heterocycles. The number of hydrogen-bond acceptors (Lipinski definition) is 4. The zero-order valence-electron chi connectivity index (χ0n) is 18.9. The molecule has 0 amide bonds. The molecule has 1 saturated carbocycles. The molecule has 2 N–H and O–H groups in total. The lowest BCUT2D eigenvalue weighted by Gasteiger charge is -2.57. The molecule has 6 atom stereocenters. The van der Waals surface area contributed by atoms with Gasteiger partial charge in [-0.15, -0.1) is 0 Å². The molecular formula is C25H37NO4. The molecule has 0 radical (unpaired) electrons. The van der Waals surface area contributed by atoms with Gasteiger partial charge in [-0.05, 0) is 67.8 Å². The summed E-state index contributed by atoms with van der Waals surface area (Å²) in [4.78, 5) is 24.6. The summed E-state index contributed by atoms with van der Waals surface area (Å²) in [6, 6.07) is -0.614. The van der Waals surface area contributed by atoms with Gasteiger partial charge in [0.25, 0.3) is 0 Å². The maximum absolute atomic E-state index is 13.4. The fraction of sp³-hybridized carbons (Fsp3) is 0.760. The topological polar surface area (TPSA) is 75.6 Å². The number of nitrogens with one attached hydrogen (secondary N) is 1. The van der Waals surface area contributed by atoms with Crippen molar-refractivity contribution in [2.75, 3.05) is 6.54 Å². The number of carboxylic acid groups (broad SMARTS) is 1. The second kappa shape index (κ2) is 7.81. The Morgan fingerprint density at radius 2 is 2.03 bits per heavy atom. The van der Waals surface area contributed by atoms with Crippen LogP contribution in [0.3, 0.4) is 0 Å². The highest BCUT2D eigenvalue weighted by molar-refractivity contribution is 5.78. The van der Waals surface area contributed by atoms with Gasteiger partial charge in [-0.1, -0.05) is 44.9 Å². The first-order chi connectivity index (χ1) is 14.1. The molecule has 2 fully saturated rings. The van der Waals surface area contributed by atoms with E-state index in [1.807, 2.05) is 0 Å². The average molecular weight is 416 g/mol. The van der Waals surface area contributed by atoms with E-state index in [4.69, 9.17) is 4.74 Å². The Labute approximate surface area is 180 Å². The van der Waals surface area contributed by atoms with E-state index in [9.17, 15) is 14.7 Å². The smallest absolute Gasteiger partial charge is 0.320 e. The summed E-state index contributed by atoms with van der Waals surface area (Å²) >= 11 is 0. The van der Waals surface area contributed by atoms with Crippen LogP contribution in [0, 0.1) is 28.6 Å². The maximum atomic E-state index is 13.4. The summed E-state index contributed by atoms with van der Waals surface area (Å²) in [5.41, 5.74) is 2.66. The summed E-state index contributed by atoms with van der Waals surface area (Å²) in [6.07, 6.45) is 11.2. The van der Waals surface area contributed by atoms with Crippen LogP contribution in [0.15, 0.2) is 23.3 Å². The van der Waals surface area contributed by atoms with Crippen LogP contribution >= 0.6 is 0 Å². The van der Waals surface area contributed by atoms with E-state index >= 15 is 0 Å². The predicted molar refractivity (Wildman–Crippen MR) is 116 cm³/mol. The molecule has 1 aliphatic heterocycles. The number of aliphatic carboxylic acids is 1. The Morgan fingerprint density at radius 3 is 2.70 bits per heavy atom. The van der Waals surface area contributed by atoms with E-state index in [0.717, 1.165) is 25.7 Å². The highest BCUT2D eigenvalue weighted by Gasteiger charge is 2.58. The van der Waals surface area contributed by atoms with Crippen LogP contribution in [-0.4, -0.2) is 35.7 Å². The second-order valence-electron chi connectivity index (χ2n) is 10.8. The first-order valence-corrected chi connectivity index (χ1v) is 11.7. The van der Waals surface area contributed by atoms with Gasteiger partial charge in [0.05, 0.1) is 5.41 Å². The number of fused-ring (bicyclic) bond motifs is 3. The molecule has 5 nitrogen and oxygen atoms in total. The summed E-state index contributed by atoms with van der Waals surface area (Å²) < 4.78 is 5.92. The van der Waals surface area contributed by atoms with Gasteiger partial charge < -0.3 is 15.2 Å². The lowest BCUT2D eigenvalue weighted by molar-refractivity contribution is -0.174. The zero-order chi connectivity index (χ0) is 21.7. The molecule has 0 spiro atoms. The highest BCUT2D eigenvalue weighted by Crippen LogP contribution is 2.62. The standard InChI is InChI=1S/C25H37NO4/c1-15(2)16-6-8-19-17(12-16)7-9-21-24(19,3)10-5-11-25(21,4)23(29)30-18-13-20(22(27)28)26-14-18/h7,12,15,18-21,26H,5-6,8-11,13-14H2,1-4H3,(H,27,28)/t18-,19+,20+,21-,24-,25-/m1/s1. The minimum Gasteiger partial charge on any atom is -0.480 e. The number of rotatable bonds is 4. The first-order valence-electron chi connectivity index (χ1n) is 11.7. The minimum absolute atomic E-state index is 0.118. The molecule has 1 saturated heterocycles. The number of allylic oxidation sites excluding steroid dienone is 4. The Hall–Kier alpha value is -1.62. The van der Waals surface area contributed by atoms with Crippen molar-refractivity contribution in [1.82, 2.24) is 5.32 Å². The molecule has 4 aliphatic rings. The van der Waals surface area contributed by atoms with Crippen molar-refractivity contribution in [1.29, 1.82) is 0 Å². The van der Waals surface area contributed by atoms with Gasteiger partial charge in [0, 0.05) is 13.0 Å². The third-order valence-electron chi connectivity index (χ3n) is 8.71. The average Bonchev–Trinajstić information content (AvgIpc) is 3.16. The molecule has 0 unspecified atom stereocenters. The molecule has 4 rings (SSSR count). The zero-order valence-corrected chi connectivity index (χ0v) is 18.9. The molecule has 0 aromatic rings. The van der Waals surface area contributed by atoms with Crippen LogP contribution in [0.1, 0.15) is 72.6 Å². The van der Waals surface area contributed by atoms with Crippen molar-refractivity contribution in [2.45, 2.75) is 84.8 Å². The van der Waals surface area contributed by atoms with Gasteiger partial charge in [-0.2, -0.15) is 0 Å². The highest BCUT2D eigenvalue weighted by atomic mass is 16.5. The van der Waals surface area contributed by atoms with Gasteiger partial charge in [0.1, 0.15) is 12.1 Å². The number of ether oxygens (including phenoxy) is 1. The fourth-order valence-electron chi connectivity index (χ4n) is 6.86. The van der Waals surface area contributed by atoms with Crippen LogP contribution in [0.2, 0.25) is 0 Å². The third-order valence-corrected chi connectivity index (χ3v) is 8.71. The summed E-state index contributed by atoms with van der Waals surface area (Å²) in [6.45, 7) is 9.49. The van der Waals surface area contributed by atoms with Crippen molar-refractivity contribution in [3.05, 3.63) is 23.3 Å². The number of hydrogen-bond donors (Lipinski definition) is 2. The van der Waals surface area contributed by atoms with E-state index < -0.39 is 17.4 Å². The van der Waals surface area contributed by atoms with Crippen LogP contribution in [-0.2, 0) is 14.3 Å². The third kappa shape index (κ3) is 3.53. The number of carboxylic acids is 1.